The van der Waals surface area contributed by atoms with E-state index in [1.54, 1.807) is 29.2 Å². The van der Waals surface area contributed by atoms with Gasteiger partial charge in [0.2, 0.25) is 17.7 Å². The lowest BCUT2D eigenvalue weighted by Crippen LogP contribution is -2.67. The molecule has 2 aliphatic heterocycles. The number of aromatic hydroxyl groups is 1. The molecule has 0 unspecified atom stereocenters. The lowest BCUT2D eigenvalue weighted by molar-refractivity contribution is -0.152. The van der Waals surface area contributed by atoms with Gasteiger partial charge in [0.15, 0.2) is 0 Å². The number of fused-ring (bicyclic) bond motifs is 1. The zero-order valence-electron chi connectivity index (χ0n) is 16.6. The Morgan fingerprint density at radius 2 is 1.83 bits per heavy atom. The second kappa shape index (κ2) is 8.43. The van der Waals surface area contributed by atoms with E-state index in [4.69, 9.17) is 0 Å². The number of nitrogens with one attached hydrogen (secondary N) is 2. The van der Waals surface area contributed by atoms with Crippen molar-refractivity contribution in [1.82, 2.24) is 15.5 Å². The van der Waals surface area contributed by atoms with Gasteiger partial charge in [-0.05, 0) is 43.4 Å². The van der Waals surface area contributed by atoms with E-state index in [2.05, 4.69) is 10.6 Å². The number of amides is 3. The summed E-state index contributed by atoms with van der Waals surface area (Å²) in [5, 5.41) is 15.4. The monoisotopic (exact) mass is 399 g/mol. The maximum atomic E-state index is 12.9. The van der Waals surface area contributed by atoms with Gasteiger partial charge in [0.1, 0.15) is 17.8 Å². The molecular weight excluding hydrogens is 370 g/mol. The quantitative estimate of drug-likeness (QED) is 0.714. The molecule has 1 aromatic carbocycles. The van der Waals surface area contributed by atoms with Crippen molar-refractivity contribution in [2.24, 2.45) is 5.92 Å². The molecule has 156 valence electrons. The molecule has 2 saturated heterocycles. The van der Waals surface area contributed by atoms with Crippen LogP contribution >= 0.6 is 0 Å². The minimum atomic E-state index is -0.586. The van der Waals surface area contributed by atoms with Crippen molar-refractivity contribution in [3.63, 3.8) is 0 Å². The van der Waals surface area contributed by atoms with Gasteiger partial charge >= 0.3 is 0 Å². The minimum Gasteiger partial charge on any atom is -0.508 e. The summed E-state index contributed by atoms with van der Waals surface area (Å²) in [5.41, 5.74) is 0.884. The van der Waals surface area contributed by atoms with Gasteiger partial charge < -0.3 is 20.6 Å². The average Bonchev–Trinajstić information content (AvgIpc) is 2.74. The molecule has 3 atom stereocenters. The molecular formula is C22H29N3O4. The van der Waals surface area contributed by atoms with Crippen LogP contribution in [0.4, 0.5) is 0 Å². The molecule has 1 aliphatic carbocycles. The van der Waals surface area contributed by atoms with Gasteiger partial charge in [-0.15, -0.1) is 0 Å². The smallest absolute Gasteiger partial charge is 0.246 e. The van der Waals surface area contributed by atoms with Crippen molar-refractivity contribution in [3.05, 3.63) is 29.8 Å². The number of carbonyl (C=O) groups excluding carboxylic acids is 3. The number of benzene rings is 1. The number of phenolic OH excluding ortho intramolecular Hbond substituents is 1. The first-order chi connectivity index (χ1) is 14.0. The summed E-state index contributed by atoms with van der Waals surface area (Å²) < 4.78 is 0. The van der Waals surface area contributed by atoms with Crippen LogP contribution in [0.2, 0.25) is 0 Å². The lowest BCUT2D eigenvalue weighted by Gasteiger charge is -2.44. The second-order valence-corrected chi connectivity index (χ2v) is 8.54. The summed E-state index contributed by atoms with van der Waals surface area (Å²) in [5.74, 6) is 0.157. The molecule has 0 spiro atoms. The van der Waals surface area contributed by atoms with Crippen LogP contribution in [0.1, 0.15) is 50.5 Å². The first kappa shape index (κ1) is 19.7. The highest BCUT2D eigenvalue weighted by Crippen LogP contribution is 2.26. The van der Waals surface area contributed by atoms with E-state index in [-0.39, 0.29) is 35.4 Å². The molecule has 7 nitrogen and oxygen atoms in total. The van der Waals surface area contributed by atoms with Crippen molar-refractivity contribution in [2.75, 3.05) is 6.54 Å². The molecule has 0 aromatic heterocycles. The Morgan fingerprint density at radius 3 is 2.55 bits per heavy atom. The highest BCUT2D eigenvalue weighted by atomic mass is 16.3. The number of rotatable bonds is 4. The number of nitrogens with zero attached hydrogens (tertiary/aromatic N) is 1. The number of hydrogen-bond acceptors (Lipinski definition) is 4. The summed E-state index contributed by atoms with van der Waals surface area (Å²) in [6.45, 7) is 0.485. The number of hydrogen-bond donors (Lipinski definition) is 3. The summed E-state index contributed by atoms with van der Waals surface area (Å²) in [6, 6.07) is 5.52. The van der Waals surface area contributed by atoms with Gasteiger partial charge in [-0.25, -0.2) is 0 Å². The highest BCUT2D eigenvalue weighted by molar-refractivity contribution is 5.97. The Morgan fingerprint density at radius 1 is 1.10 bits per heavy atom. The minimum absolute atomic E-state index is 0.0575. The predicted molar refractivity (Wildman–Crippen MR) is 107 cm³/mol. The van der Waals surface area contributed by atoms with Gasteiger partial charge in [-0.2, -0.15) is 0 Å². The van der Waals surface area contributed by atoms with E-state index in [0.717, 1.165) is 31.2 Å². The zero-order chi connectivity index (χ0) is 20.4. The summed E-state index contributed by atoms with van der Waals surface area (Å²) in [4.78, 5) is 39.8. The Balaban J connectivity index is 1.35. The number of phenols is 1. The third kappa shape index (κ3) is 4.38. The fourth-order valence-electron chi connectivity index (χ4n) is 4.83. The maximum absolute atomic E-state index is 12.9. The maximum Gasteiger partial charge on any atom is 0.246 e. The number of piperazine rings is 1. The molecule has 7 heteroatoms. The van der Waals surface area contributed by atoms with E-state index < -0.39 is 12.1 Å². The number of carbonyl (C=O) groups is 3. The van der Waals surface area contributed by atoms with Crippen LogP contribution in [-0.4, -0.2) is 52.4 Å². The zero-order valence-corrected chi connectivity index (χ0v) is 16.6. The molecule has 3 fully saturated rings. The van der Waals surface area contributed by atoms with Crippen molar-refractivity contribution < 1.29 is 19.5 Å². The van der Waals surface area contributed by atoms with Crippen LogP contribution in [0.25, 0.3) is 0 Å². The van der Waals surface area contributed by atoms with Crippen molar-refractivity contribution >= 4 is 17.7 Å². The van der Waals surface area contributed by atoms with Gasteiger partial charge in [0, 0.05) is 24.9 Å². The van der Waals surface area contributed by atoms with E-state index in [1.807, 2.05) is 0 Å². The van der Waals surface area contributed by atoms with Crippen molar-refractivity contribution in [1.29, 1.82) is 0 Å². The van der Waals surface area contributed by atoms with Crippen molar-refractivity contribution in [2.45, 2.75) is 69.5 Å². The third-order valence-electron chi connectivity index (χ3n) is 6.50. The first-order valence-corrected chi connectivity index (χ1v) is 10.7. The first-order valence-electron chi connectivity index (χ1n) is 10.7. The van der Waals surface area contributed by atoms with Gasteiger partial charge in [-0.1, -0.05) is 31.4 Å². The molecule has 2 heterocycles. The predicted octanol–water partition coefficient (Wildman–Crippen LogP) is 1.49. The molecule has 0 radical (unpaired) electrons. The van der Waals surface area contributed by atoms with E-state index in [1.165, 1.54) is 6.42 Å². The van der Waals surface area contributed by atoms with Gasteiger partial charge in [-0.3, -0.25) is 14.4 Å². The fraction of sp³-hybridized carbons (Fsp3) is 0.591. The normalized spacial score (nSPS) is 27.9. The van der Waals surface area contributed by atoms with Crippen molar-refractivity contribution in [3.8, 4) is 5.75 Å². The molecule has 0 bridgehead atoms. The lowest BCUT2D eigenvalue weighted by atomic mass is 9.87. The standard InChI is InChI=1S/C22H29N3O4/c26-17-8-6-14(7-9-17)12-18-22(29)25-11-10-16(13-19(25)21(28)24-18)23-20(27)15-4-2-1-3-5-15/h6-9,15-16,18-19,26H,1-5,10-13H2,(H,23,27)(H,24,28)/t16-,18-,19-/m0/s1. The van der Waals surface area contributed by atoms with Crippen LogP contribution in [0.3, 0.4) is 0 Å². The highest BCUT2D eigenvalue weighted by Gasteiger charge is 2.44. The summed E-state index contributed by atoms with van der Waals surface area (Å²) in [7, 11) is 0. The molecule has 29 heavy (non-hydrogen) atoms. The SMILES string of the molecule is O=C(N[C@H]1CCN2C(=O)[C@H](Cc3ccc(O)cc3)NC(=O)[C@@H]2C1)C1CCCCC1. The largest absolute Gasteiger partial charge is 0.508 e. The Bertz CT molecular complexity index is 773. The molecule has 3 aliphatic rings. The molecule has 4 rings (SSSR count). The van der Waals surface area contributed by atoms with E-state index in [9.17, 15) is 19.5 Å². The Kier molecular flexibility index (Phi) is 5.74. The Labute approximate surface area is 170 Å². The Hall–Kier alpha value is -2.57. The van der Waals surface area contributed by atoms with E-state index >= 15 is 0 Å². The molecule has 3 N–H and O–H groups in total. The second-order valence-electron chi connectivity index (χ2n) is 8.54. The van der Waals surface area contributed by atoms with Gasteiger partial charge in [0.05, 0.1) is 0 Å². The third-order valence-corrected chi connectivity index (χ3v) is 6.50. The van der Waals surface area contributed by atoms with Crippen LogP contribution in [0, 0.1) is 5.92 Å². The number of piperidine rings is 1. The molecule has 1 aromatic rings. The summed E-state index contributed by atoms with van der Waals surface area (Å²) in [6.07, 6.45) is 6.88. The fourth-order valence-corrected chi connectivity index (χ4v) is 4.83. The molecule has 1 saturated carbocycles. The van der Waals surface area contributed by atoms with Crippen LogP contribution in [0.15, 0.2) is 24.3 Å². The van der Waals surface area contributed by atoms with Crippen LogP contribution in [-0.2, 0) is 20.8 Å². The topological polar surface area (TPSA) is 98.7 Å². The average molecular weight is 399 g/mol. The summed E-state index contributed by atoms with van der Waals surface area (Å²) >= 11 is 0. The van der Waals surface area contributed by atoms with Gasteiger partial charge in [0.25, 0.3) is 0 Å². The van der Waals surface area contributed by atoms with E-state index in [0.29, 0.717) is 25.8 Å². The van der Waals surface area contributed by atoms with Crippen LogP contribution < -0.4 is 10.6 Å². The molecule has 3 amide bonds. The van der Waals surface area contributed by atoms with Crippen LogP contribution in [0.5, 0.6) is 5.75 Å².